The summed E-state index contributed by atoms with van der Waals surface area (Å²) < 4.78 is 28.5. The molecular weight excluding hydrogens is 511 g/mol. The second-order valence-corrected chi connectivity index (χ2v) is 10.0. The van der Waals surface area contributed by atoms with E-state index in [1.54, 1.807) is 54.6 Å². The highest BCUT2D eigenvalue weighted by molar-refractivity contribution is 9.10. The molecule has 1 N–H and O–H groups in total. The van der Waals surface area contributed by atoms with Gasteiger partial charge in [-0.05, 0) is 55.5 Å². The highest BCUT2D eigenvalue weighted by Crippen LogP contribution is 2.30. The van der Waals surface area contributed by atoms with Gasteiger partial charge in [-0.1, -0.05) is 62.9 Å². The number of carbonyl (C=O) groups is 1. The molecule has 0 bridgehead atoms. The van der Waals surface area contributed by atoms with Crippen LogP contribution in [0.4, 0.5) is 11.4 Å². The molecule has 0 aromatic heterocycles. The first-order valence-corrected chi connectivity index (χ1v) is 11.8. The van der Waals surface area contributed by atoms with Gasteiger partial charge in [0.05, 0.1) is 26.3 Å². The van der Waals surface area contributed by atoms with Gasteiger partial charge in [-0.25, -0.2) is 8.42 Å². The molecule has 0 aliphatic carbocycles. The van der Waals surface area contributed by atoms with E-state index in [4.69, 9.17) is 23.2 Å². The van der Waals surface area contributed by atoms with Crippen LogP contribution in [-0.4, -0.2) is 20.9 Å². The largest absolute Gasteiger partial charge is 0.322 e. The van der Waals surface area contributed by atoms with Crippen molar-refractivity contribution in [3.8, 4) is 0 Å². The third kappa shape index (κ3) is 5.16. The molecule has 0 aliphatic rings. The van der Waals surface area contributed by atoms with E-state index in [0.29, 0.717) is 5.69 Å². The Morgan fingerprint density at radius 3 is 2.10 bits per heavy atom. The molecule has 0 saturated carbocycles. The maximum atomic E-state index is 13.3. The molecule has 0 saturated heterocycles. The summed E-state index contributed by atoms with van der Waals surface area (Å²) >= 11 is 15.6. The number of nitrogens with one attached hydrogen (secondary N) is 1. The molecule has 0 heterocycles. The van der Waals surface area contributed by atoms with Crippen LogP contribution >= 0.6 is 39.1 Å². The van der Waals surface area contributed by atoms with Gasteiger partial charge in [-0.3, -0.25) is 9.10 Å². The minimum absolute atomic E-state index is 0.0830. The Kier molecular flexibility index (Phi) is 7.08. The van der Waals surface area contributed by atoms with Crippen LogP contribution in [0, 0.1) is 6.92 Å². The van der Waals surface area contributed by atoms with Gasteiger partial charge in [-0.2, -0.15) is 0 Å². The Labute approximate surface area is 193 Å². The van der Waals surface area contributed by atoms with Gasteiger partial charge in [0.1, 0.15) is 6.54 Å². The van der Waals surface area contributed by atoms with Gasteiger partial charge >= 0.3 is 0 Å². The third-order valence-electron chi connectivity index (χ3n) is 4.24. The summed E-state index contributed by atoms with van der Waals surface area (Å²) in [6, 6.07) is 17.9. The third-order valence-corrected chi connectivity index (χ3v) is 7.18. The van der Waals surface area contributed by atoms with Gasteiger partial charge < -0.3 is 5.32 Å². The Morgan fingerprint density at radius 2 is 1.53 bits per heavy atom. The molecule has 3 aromatic rings. The minimum Gasteiger partial charge on any atom is -0.322 e. The van der Waals surface area contributed by atoms with E-state index in [1.807, 2.05) is 6.92 Å². The Morgan fingerprint density at radius 1 is 0.967 bits per heavy atom. The number of hydrogen-bond acceptors (Lipinski definition) is 3. The molecule has 30 heavy (non-hydrogen) atoms. The fourth-order valence-electron chi connectivity index (χ4n) is 2.69. The van der Waals surface area contributed by atoms with Crippen molar-refractivity contribution in [2.75, 3.05) is 16.2 Å². The van der Waals surface area contributed by atoms with Crippen molar-refractivity contribution in [1.82, 2.24) is 0 Å². The zero-order chi connectivity index (χ0) is 21.9. The van der Waals surface area contributed by atoms with Gasteiger partial charge in [-0.15, -0.1) is 0 Å². The first-order chi connectivity index (χ1) is 14.2. The van der Waals surface area contributed by atoms with Crippen LogP contribution < -0.4 is 9.62 Å². The van der Waals surface area contributed by atoms with Gasteiger partial charge in [0.25, 0.3) is 10.0 Å². The van der Waals surface area contributed by atoms with Gasteiger partial charge in [0.15, 0.2) is 0 Å². The second kappa shape index (κ2) is 9.39. The van der Waals surface area contributed by atoms with Crippen LogP contribution in [0.1, 0.15) is 5.56 Å². The lowest BCUT2D eigenvalue weighted by atomic mass is 10.2. The zero-order valence-corrected chi connectivity index (χ0v) is 19.7. The lowest BCUT2D eigenvalue weighted by Crippen LogP contribution is -2.38. The fourth-order valence-corrected chi connectivity index (χ4v) is 4.86. The van der Waals surface area contributed by atoms with Gasteiger partial charge in [0.2, 0.25) is 5.91 Å². The van der Waals surface area contributed by atoms with Crippen molar-refractivity contribution in [2.45, 2.75) is 11.8 Å². The van der Waals surface area contributed by atoms with E-state index in [9.17, 15) is 13.2 Å². The maximum absolute atomic E-state index is 13.3. The Balaban J connectivity index is 1.96. The van der Waals surface area contributed by atoms with Crippen LogP contribution in [-0.2, 0) is 14.8 Å². The summed E-state index contributed by atoms with van der Waals surface area (Å²) in [6.45, 7) is 1.41. The predicted molar refractivity (Wildman–Crippen MR) is 125 cm³/mol. The Bertz CT molecular complexity index is 1150. The van der Waals surface area contributed by atoms with Crippen molar-refractivity contribution < 1.29 is 13.2 Å². The number of sulfonamides is 1. The number of aryl methyl sites for hydroxylation is 1. The molecule has 0 radical (unpaired) electrons. The standard InChI is InChI=1S/C21H17BrCl2N2O3S/c1-14-5-11-17(12-6-14)30(28,29)26(16-9-7-15(22)8-10-16)13-20(27)25-21-18(23)3-2-4-19(21)24/h2-12H,13H2,1H3,(H,25,27). The molecule has 3 rings (SSSR count). The lowest BCUT2D eigenvalue weighted by molar-refractivity contribution is -0.114. The normalized spacial score (nSPS) is 11.2. The molecule has 9 heteroatoms. The summed E-state index contributed by atoms with van der Waals surface area (Å²) in [4.78, 5) is 12.8. The van der Waals surface area contributed by atoms with E-state index >= 15 is 0 Å². The fraction of sp³-hybridized carbons (Fsp3) is 0.0952. The van der Waals surface area contributed by atoms with Crippen LogP contribution in [0.15, 0.2) is 76.1 Å². The number of halogens is 3. The van der Waals surface area contributed by atoms with Crippen molar-refractivity contribution in [3.63, 3.8) is 0 Å². The molecular formula is C21H17BrCl2N2O3S. The molecule has 0 unspecified atom stereocenters. The molecule has 156 valence electrons. The van der Waals surface area contributed by atoms with E-state index in [2.05, 4.69) is 21.2 Å². The van der Waals surface area contributed by atoms with Crippen molar-refractivity contribution in [3.05, 3.63) is 86.8 Å². The van der Waals surface area contributed by atoms with Crippen LogP contribution in [0.5, 0.6) is 0 Å². The molecule has 1 amide bonds. The minimum atomic E-state index is -4.00. The van der Waals surface area contributed by atoms with Crippen LogP contribution in [0.2, 0.25) is 10.0 Å². The van der Waals surface area contributed by atoms with Crippen LogP contribution in [0.25, 0.3) is 0 Å². The molecule has 3 aromatic carbocycles. The zero-order valence-electron chi connectivity index (χ0n) is 15.8. The number of nitrogens with zero attached hydrogens (tertiary/aromatic N) is 1. The number of hydrogen-bond donors (Lipinski definition) is 1. The molecule has 5 nitrogen and oxygen atoms in total. The van der Waals surface area contributed by atoms with Gasteiger partial charge in [0, 0.05) is 4.47 Å². The van der Waals surface area contributed by atoms with E-state index in [-0.39, 0.29) is 20.6 Å². The summed E-state index contributed by atoms with van der Waals surface area (Å²) in [5, 5.41) is 3.12. The summed E-state index contributed by atoms with van der Waals surface area (Å²) in [6.07, 6.45) is 0. The molecule has 0 spiro atoms. The average molecular weight is 528 g/mol. The molecule has 0 atom stereocenters. The topological polar surface area (TPSA) is 66.5 Å². The van der Waals surface area contributed by atoms with Crippen molar-refractivity contribution in [1.29, 1.82) is 0 Å². The average Bonchev–Trinajstić information content (AvgIpc) is 2.70. The number of amides is 1. The number of anilines is 2. The number of para-hydroxylation sites is 1. The van der Waals surface area contributed by atoms with E-state index in [0.717, 1.165) is 14.3 Å². The number of benzene rings is 3. The number of rotatable bonds is 6. The number of carbonyl (C=O) groups excluding carboxylic acids is 1. The van der Waals surface area contributed by atoms with Crippen molar-refractivity contribution >= 4 is 66.4 Å². The summed E-state index contributed by atoms with van der Waals surface area (Å²) in [5.41, 5.74) is 1.50. The Hall–Kier alpha value is -2.06. The quantitative estimate of drug-likeness (QED) is 0.434. The first-order valence-electron chi connectivity index (χ1n) is 8.77. The summed E-state index contributed by atoms with van der Waals surface area (Å²) in [5.74, 6) is -0.580. The predicted octanol–water partition coefficient (Wildman–Crippen LogP) is 5.90. The van der Waals surface area contributed by atoms with E-state index < -0.39 is 22.5 Å². The monoisotopic (exact) mass is 526 g/mol. The smallest absolute Gasteiger partial charge is 0.264 e. The highest BCUT2D eigenvalue weighted by atomic mass is 79.9. The van der Waals surface area contributed by atoms with E-state index in [1.165, 1.54) is 12.1 Å². The van der Waals surface area contributed by atoms with Crippen LogP contribution in [0.3, 0.4) is 0 Å². The molecule has 0 aliphatic heterocycles. The lowest BCUT2D eigenvalue weighted by Gasteiger charge is -2.24. The first kappa shape index (κ1) is 22.6. The second-order valence-electron chi connectivity index (χ2n) is 6.45. The van der Waals surface area contributed by atoms with Crippen molar-refractivity contribution in [2.24, 2.45) is 0 Å². The highest BCUT2D eigenvalue weighted by Gasteiger charge is 2.27. The maximum Gasteiger partial charge on any atom is 0.264 e. The summed E-state index contributed by atoms with van der Waals surface area (Å²) in [7, 11) is -4.00. The SMILES string of the molecule is Cc1ccc(S(=O)(=O)N(CC(=O)Nc2c(Cl)cccc2Cl)c2ccc(Br)cc2)cc1. The molecule has 0 fully saturated rings.